The van der Waals surface area contributed by atoms with Crippen molar-refractivity contribution >= 4 is 23.2 Å². The van der Waals surface area contributed by atoms with Gasteiger partial charge in [0.1, 0.15) is 11.5 Å². The molecule has 0 aromatic heterocycles. The van der Waals surface area contributed by atoms with E-state index < -0.39 is 0 Å². The molecule has 6 nitrogen and oxygen atoms in total. The fourth-order valence-electron chi connectivity index (χ4n) is 2.58. The lowest BCUT2D eigenvalue weighted by molar-refractivity contribution is -0.116. The first-order valence-corrected chi connectivity index (χ1v) is 8.32. The summed E-state index contributed by atoms with van der Waals surface area (Å²) in [6, 6.07) is 11.0. The highest BCUT2D eigenvalue weighted by Gasteiger charge is 2.10. The summed E-state index contributed by atoms with van der Waals surface area (Å²) in [4.78, 5) is 23.6. The van der Waals surface area contributed by atoms with Crippen LogP contribution >= 0.6 is 0 Å². The van der Waals surface area contributed by atoms with Crippen LogP contribution in [-0.2, 0) is 16.0 Å². The Morgan fingerprint density at radius 1 is 0.962 bits per heavy atom. The number of amides is 2. The third kappa shape index (κ3) is 5.24. The van der Waals surface area contributed by atoms with E-state index in [9.17, 15) is 9.59 Å². The zero-order valence-electron chi connectivity index (χ0n) is 15.5. The molecular formula is C20H24N2O4. The number of anilines is 2. The predicted octanol–water partition coefficient (Wildman–Crippen LogP) is 3.54. The summed E-state index contributed by atoms with van der Waals surface area (Å²) >= 11 is 0. The molecule has 2 N–H and O–H groups in total. The molecule has 0 aliphatic heterocycles. The average molecular weight is 356 g/mol. The second-order valence-electron chi connectivity index (χ2n) is 5.93. The summed E-state index contributed by atoms with van der Waals surface area (Å²) < 4.78 is 10.5. The van der Waals surface area contributed by atoms with Crippen molar-refractivity contribution in [2.45, 2.75) is 26.7 Å². The van der Waals surface area contributed by atoms with Gasteiger partial charge in [-0.05, 0) is 48.7 Å². The maximum atomic E-state index is 12.3. The highest BCUT2D eigenvalue weighted by atomic mass is 16.5. The summed E-state index contributed by atoms with van der Waals surface area (Å²) in [5.74, 6) is 1.13. The van der Waals surface area contributed by atoms with Crippen LogP contribution in [0.3, 0.4) is 0 Å². The molecule has 0 radical (unpaired) electrons. The molecule has 0 heterocycles. The lowest BCUT2D eigenvalue weighted by atomic mass is 10.1. The SMILES string of the molecule is COc1cc(CCC(=O)Nc2cccc(NC(C)=O)c2C)cc(OC)c1. The quantitative estimate of drug-likeness (QED) is 0.795. The summed E-state index contributed by atoms with van der Waals surface area (Å²) in [5, 5.41) is 5.65. The minimum Gasteiger partial charge on any atom is -0.497 e. The first-order valence-electron chi connectivity index (χ1n) is 8.32. The van der Waals surface area contributed by atoms with Crippen LogP contribution in [0.5, 0.6) is 11.5 Å². The number of rotatable bonds is 7. The topological polar surface area (TPSA) is 76.7 Å². The van der Waals surface area contributed by atoms with E-state index in [1.165, 1.54) is 6.92 Å². The van der Waals surface area contributed by atoms with Crippen LogP contribution in [0.15, 0.2) is 36.4 Å². The highest BCUT2D eigenvalue weighted by Crippen LogP contribution is 2.25. The van der Waals surface area contributed by atoms with Crippen molar-refractivity contribution in [3.63, 3.8) is 0 Å². The summed E-state index contributed by atoms with van der Waals surface area (Å²) in [6.45, 7) is 3.31. The average Bonchev–Trinajstić information content (AvgIpc) is 2.62. The second-order valence-corrected chi connectivity index (χ2v) is 5.93. The Bertz CT molecular complexity index is 780. The largest absolute Gasteiger partial charge is 0.497 e. The molecule has 0 saturated carbocycles. The maximum absolute atomic E-state index is 12.3. The Hall–Kier alpha value is -3.02. The molecule has 6 heteroatoms. The Balaban J connectivity index is 2.02. The molecule has 2 amide bonds. The fourth-order valence-corrected chi connectivity index (χ4v) is 2.58. The molecule has 2 rings (SSSR count). The number of ether oxygens (including phenoxy) is 2. The van der Waals surface area contributed by atoms with Gasteiger partial charge in [-0.1, -0.05) is 6.07 Å². The summed E-state index contributed by atoms with van der Waals surface area (Å²) in [7, 11) is 3.19. The van der Waals surface area contributed by atoms with Crippen LogP contribution in [0, 0.1) is 6.92 Å². The van der Waals surface area contributed by atoms with Crippen LogP contribution in [0.4, 0.5) is 11.4 Å². The first kappa shape index (κ1) is 19.3. The van der Waals surface area contributed by atoms with E-state index in [1.54, 1.807) is 32.4 Å². The molecule has 2 aromatic carbocycles. The molecule has 138 valence electrons. The number of carbonyl (C=O) groups is 2. The summed E-state index contributed by atoms with van der Waals surface area (Å²) in [6.07, 6.45) is 0.879. The number of nitrogens with one attached hydrogen (secondary N) is 2. The zero-order valence-corrected chi connectivity index (χ0v) is 15.5. The van der Waals surface area contributed by atoms with Gasteiger partial charge >= 0.3 is 0 Å². The molecule has 0 atom stereocenters. The minimum atomic E-state index is -0.149. The summed E-state index contributed by atoms with van der Waals surface area (Å²) in [5.41, 5.74) is 3.15. The van der Waals surface area contributed by atoms with E-state index in [2.05, 4.69) is 10.6 Å². The number of carbonyl (C=O) groups excluding carboxylic acids is 2. The third-order valence-corrected chi connectivity index (χ3v) is 3.97. The molecule has 0 spiro atoms. The molecule has 2 aromatic rings. The van der Waals surface area contributed by atoms with Crippen molar-refractivity contribution in [1.29, 1.82) is 0 Å². The van der Waals surface area contributed by atoms with Gasteiger partial charge < -0.3 is 20.1 Å². The van der Waals surface area contributed by atoms with Crippen LogP contribution in [0.1, 0.15) is 24.5 Å². The van der Waals surface area contributed by atoms with Gasteiger partial charge in [-0.2, -0.15) is 0 Å². The van der Waals surface area contributed by atoms with Crippen LogP contribution in [0.25, 0.3) is 0 Å². The Labute approximate surface area is 153 Å². The van der Waals surface area contributed by atoms with Gasteiger partial charge in [0, 0.05) is 30.8 Å². The lowest BCUT2D eigenvalue weighted by Crippen LogP contribution is -2.14. The highest BCUT2D eigenvalue weighted by molar-refractivity contribution is 5.95. The Kier molecular flexibility index (Phi) is 6.60. The lowest BCUT2D eigenvalue weighted by Gasteiger charge is -2.13. The standard InChI is InChI=1S/C20H24N2O4/c1-13-18(21-14(2)23)6-5-7-19(13)22-20(24)9-8-15-10-16(25-3)12-17(11-15)26-4/h5-7,10-12H,8-9H2,1-4H3,(H,21,23)(H,22,24). The predicted molar refractivity (Wildman–Crippen MR) is 102 cm³/mol. The van der Waals surface area contributed by atoms with Gasteiger partial charge in [-0.3, -0.25) is 9.59 Å². The van der Waals surface area contributed by atoms with E-state index in [0.717, 1.165) is 11.1 Å². The monoisotopic (exact) mass is 356 g/mol. The maximum Gasteiger partial charge on any atom is 0.224 e. The van der Waals surface area contributed by atoms with Crippen molar-refractivity contribution in [3.8, 4) is 11.5 Å². The normalized spacial score (nSPS) is 10.2. The Morgan fingerprint density at radius 3 is 2.08 bits per heavy atom. The fraction of sp³-hybridized carbons (Fsp3) is 0.300. The van der Waals surface area contributed by atoms with E-state index in [1.807, 2.05) is 25.1 Å². The van der Waals surface area contributed by atoms with Gasteiger partial charge in [-0.25, -0.2) is 0 Å². The van der Waals surface area contributed by atoms with Gasteiger partial charge in [0.2, 0.25) is 11.8 Å². The molecule has 0 fully saturated rings. The second kappa shape index (κ2) is 8.89. The van der Waals surface area contributed by atoms with Crippen LogP contribution < -0.4 is 20.1 Å². The molecule has 0 saturated heterocycles. The first-order chi connectivity index (χ1) is 12.4. The van der Waals surface area contributed by atoms with Crippen molar-refractivity contribution in [1.82, 2.24) is 0 Å². The van der Waals surface area contributed by atoms with Gasteiger partial charge in [0.05, 0.1) is 14.2 Å². The number of benzene rings is 2. The van der Waals surface area contributed by atoms with Crippen molar-refractivity contribution in [3.05, 3.63) is 47.5 Å². The third-order valence-electron chi connectivity index (χ3n) is 3.97. The van der Waals surface area contributed by atoms with E-state index in [0.29, 0.717) is 35.7 Å². The molecule has 0 aliphatic rings. The Morgan fingerprint density at radius 2 is 1.54 bits per heavy atom. The number of aryl methyl sites for hydroxylation is 1. The smallest absolute Gasteiger partial charge is 0.224 e. The number of hydrogen-bond donors (Lipinski definition) is 2. The van der Waals surface area contributed by atoms with Gasteiger partial charge in [-0.15, -0.1) is 0 Å². The molecule has 0 bridgehead atoms. The molecule has 26 heavy (non-hydrogen) atoms. The molecule has 0 unspecified atom stereocenters. The molecule has 0 aliphatic carbocycles. The van der Waals surface area contributed by atoms with Gasteiger partial charge in [0.15, 0.2) is 0 Å². The van der Waals surface area contributed by atoms with E-state index in [-0.39, 0.29) is 11.8 Å². The molecular weight excluding hydrogens is 332 g/mol. The minimum absolute atomic E-state index is 0.102. The number of methoxy groups -OCH3 is 2. The van der Waals surface area contributed by atoms with Gasteiger partial charge in [0.25, 0.3) is 0 Å². The van der Waals surface area contributed by atoms with E-state index in [4.69, 9.17) is 9.47 Å². The zero-order chi connectivity index (χ0) is 19.1. The number of hydrogen-bond acceptors (Lipinski definition) is 4. The van der Waals surface area contributed by atoms with Crippen LogP contribution in [0.2, 0.25) is 0 Å². The van der Waals surface area contributed by atoms with Crippen LogP contribution in [-0.4, -0.2) is 26.0 Å². The van der Waals surface area contributed by atoms with Crippen molar-refractivity contribution in [2.75, 3.05) is 24.9 Å². The van der Waals surface area contributed by atoms with E-state index >= 15 is 0 Å². The van der Waals surface area contributed by atoms with Crippen molar-refractivity contribution in [2.24, 2.45) is 0 Å². The van der Waals surface area contributed by atoms with Crippen molar-refractivity contribution < 1.29 is 19.1 Å².